The van der Waals surface area contributed by atoms with Gasteiger partial charge in [0.2, 0.25) is 6.41 Å². The predicted molar refractivity (Wildman–Crippen MR) is 131 cm³/mol. The van der Waals surface area contributed by atoms with Crippen molar-refractivity contribution in [1.29, 1.82) is 0 Å². The Hall–Kier alpha value is -3.76. The molecule has 0 saturated carbocycles. The molecule has 2 aliphatic heterocycles. The maximum Gasteiger partial charge on any atom is 0.356 e. The average molecular weight is 473 g/mol. The molecule has 0 radical (unpaired) electrons. The molecule has 0 aromatic heterocycles. The minimum absolute atomic E-state index is 0.198. The molecule has 2 atom stereocenters. The van der Waals surface area contributed by atoms with Crippen LogP contribution in [-0.4, -0.2) is 40.4 Å². The van der Waals surface area contributed by atoms with E-state index >= 15 is 0 Å². The van der Waals surface area contributed by atoms with Gasteiger partial charge < -0.3 is 10.1 Å². The molecule has 1 fully saturated rings. The molecule has 0 unspecified atom stereocenters. The van der Waals surface area contributed by atoms with Crippen LogP contribution in [0.2, 0.25) is 0 Å². The van der Waals surface area contributed by atoms with E-state index in [1.54, 1.807) is 12.2 Å². The van der Waals surface area contributed by atoms with E-state index in [1.165, 1.54) is 16.7 Å². The van der Waals surface area contributed by atoms with Gasteiger partial charge in [-0.05, 0) is 28.9 Å². The van der Waals surface area contributed by atoms with Crippen molar-refractivity contribution in [2.45, 2.75) is 30.9 Å². The highest BCUT2D eigenvalue weighted by atomic mass is 32.2. The molecule has 0 bridgehead atoms. The van der Waals surface area contributed by atoms with Crippen LogP contribution in [-0.2, 0) is 19.1 Å². The van der Waals surface area contributed by atoms with Gasteiger partial charge in [0, 0.05) is 12.2 Å². The van der Waals surface area contributed by atoms with Crippen LogP contribution in [0, 0.1) is 11.8 Å². The van der Waals surface area contributed by atoms with Crippen molar-refractivity contribution in [2.24, 2.45) is 0 Å². The van der Waals surface area contributed by atoms with Crippen molar-refractivity contribution < 1.29 is 19.1 Å². The van der Waals surface area contributed by atoms with Crippen molar-refractivity contribution in [1.82, 2.24) is 10.2 Å². The van der Waals surface area contributed by atoms with E-state index in [0.29, 0.717) is 24.2 Å². The van der Waals surface area contributed by atoms with Crippen LogP contribution in [0.5, 0.6) is 0 Å². The average Bonchev–Trinajstić information content (AvgIpc) is 2.88. The Morgan fingerprint density at radius 1 is 1.18 bits per heavy atom. The summed E-state index contributed by atoms with van der Waals surface area (Å²) < 4.78 is 6.06. The fourth-order valence-electron chi connectivity index (χ4n) is 3.90. The second-order valence-corrected chi connectivity index (χ2v) is 8.77. The molecule has 4 rings (SSSR count). The maximum absolute atomic E-state index is 13.6. The third-order valence-electron chi connectivity index (χ3n) is 5.51. The molecule has 2 aliphatic rings. The Morgan fingerprint density at radius 2 is 1.82 bits per heavy atom. The van der Waals surface area contributed by atoms with E-state index in [1.807, 2.05) is 67.6 Å². The molecule has 2 heterocycles. The summed E-state index contributed by atoms with van der Waals surface area (Å²) in [6.07, 6.45) is 4.04. The van der Waals surface area contributed by atoms with Crippen LogP contribution in [0.15, 0.2) is 84.1 Å². The van der Waals surface area contributed by atoms with E-state index in [9.17, 15) is 14.4 Å². The molecule has 1 saturated heterocycles. The van der Waals surface area contributed by atoms with Crippen LogP contribution in [0.1, 0.15) is 30.6 Å². The van der Waals surface area contributed by atoms with Crippen molar-refractivity contribution in [3.8, 4) is 11.8 Å². The number of esters is 1. The lowest BCUT2D eigenvalue weighted by Crippen LogP contribution is -2.69. The van der Waals surface area contributed by atoms with E-state index in [0.717, 1.165) is 11.1 Å². The number of rotatable bonds is 7. The molecule has 0 spiro atoms. The largest absolute Gasteiger partial charge is 0.448 e. The van der Waals surface area contributed by atoms with Gasteiger partial charge in [-0.1, -0.05) is 79.4 Å². The fraction of sp³-hybridized carbons (Fsp3) is 0.222. The lowest BCUT2D eigenvalue weighted by Gasteiger charge is -2.49. The minimum atomic E-state index is -0.658. The van der Waals surface area contributed by atoms with Gasteiger partial charge in [0.05, 0.1) is 0 Å². The number of allylic oxidation sites excluding steroid dienone is 2. The number of fused-ring (bicyclic) bond motifs is 1. The summed E-state index contributed by atoms with van der Waals surface area (Å²) in [5.41, 5.74) is 2.51. The number of ether oxygens (including phenoxy) is 1. The molecule has 172 valence electrons. The molecule has 2 aromatic carbocycles. The van der Waals surface area contributed by atoms with E-state index in [-0.39, 0.29) is 17.0 Å². The summed E-state index contributed by atoms with van der Waals surface area (Å²) in [5.74, 6) is 5.45. The Morgan fingerprint density at radius 3 is 2.41 bits per heavy atom. The maximum atomic E-state index is 13.6. The first-order valence-corrected chi connectivity index (χ1v) is 12.0. The molecule has 34 heavy (non-hydrogen) atoms. The fourth-order valence-corrected chi connectivity index (χ4v) is 5.23. The number of thioether (sulfide) groups is 1. The summed E-state index contributed by atoms with van der Waals surface area (Å²) in [7, 11) is 0. The lowest BCUT2D eigenvalue weighted by molar-refractivity contribution is -0.154. The molecule has 0 aliphatic carbocycles. The molecule has 7 heteroatoms. The summed E-state index contributed by atoms with van der Waals surface area (Å²) in [6, 6.07) is 18.3. The van der Waals surface area contributed by atoms with Crippen LogP contribution in [0.25, 0.3) is 0 Å². The normalized spacial score (nSPS) is 19.2. The van der Waals surface area contributed by atoms with Crippen molar-refractivity contribution in [3.63, 3.8) is 0 Å². The van der Waals surface area contributed by atoms with Crippen LogP contribution in [0.4, 0.5) is 0 Å². The zero-order valence-electron chi connectivity index (χ0n) is 18.6. The molecule has 2 aromatic rings. The molecular weight excluding hydrogens is 448 g/mol. The molecular formula is C27H24N2O4S. The number of hydrogen-bond acceptors (Lipinski definition) is 5. The van der Waals surface area contributed by atoms with Gasteiger partial charge in [-0.15, -0.1) is 11.8 Å². The number of amides is 2. The summed E-state index contributed by atoms with van der Waals surface area (Å²) in [6.45, 7) is 1.95. The number of benzene rings is 2. The topological polar surface area (TPSA) is 75.7 Å². The summed E-state index contributed by atoms with van der Waals surface area (Å²) in [5, 5.41) is 2.19. The van der Waals surface area contributed by atoms with Gasteiger partial charge in [-0.2, -0.15) is 0 Å². The van der Waals surface area contributed by atoms with E-state index in [2.05, 4.69) is 17.2 Å². The van der Waals surface area contributed by atoms with Gasteiger partial charge in [0.1, 0.15) is 17.1 Å². The quantitative estimate of drug-likeness (QED) is 0.289. The van der Waals surface area contributed by atoms with Crippen LogP contribution in [0.3, 0.4) is 0 Å². The zero-order valence-corrected chi connectivity index (χ0v) is 19.5. The monoisotopic (exact) mass is 472 g/mol. The second kappa shape index (κ2) is 10.9. The van der Waals surface area contributed by atoms with Gasteiger partial charge in [0.25, 0.3) is 5.91 Å². The number of nitrogens with zero attached hydrogens (tertiary/aromatic N) is 1. The number of β-lactam (4-membered cyclic amide) rings is 1. The highest BCUT2D eigenvalue weighted by Crippen LogP contribution is 2.41. The van der Waals surface area contributed by atoms with Crippen molar-refractivity contribution in [2.75, 3.05) is 5.75 Å². The van der Waals surface area contributed by atoms with Crippen molar-refractivity contribution >= 4 is 30.0 Å². The minimum Gasteiger partial charge on any atom is -0.448 e. The third kappa shape index (κ3) is 4.78. The lowest BCUT2D eigenvalue weighted by atomic mass is 10.0. The molecule has 6 nitrogen and oxygen atoms in total. The van der Waals surface area contributed by atoms with Crippen LogP contribution >= 0.6 is 11.8 Å². The summed E-state index contributed by atoms with van der Waals surface area (Å²) >= 11 is 1.49. The Labute approximate surface area is 203 Å². The van der Waals surface area contributed by atoms with E-state index in [4.69, 9.17) is 4.74 Å². The number of nitrogens with one attached hydrogen (secondary N) is 1. The number of carbonyl (C=O) groups is 3. The SMILES string of the molecule is CCC#C/C=C/C1=C(C(=O)OC(c2ccccc2)c2ccccc2)N2C(=O)[C@@H](NC=O)[C@H]2SC1. The van der Waals surface area contributed by atoms with Crippen LogP contribution < -0.4 is 5.32 Å². The summed E-state index contributed by atoms with van der Waals surface area (Å²) in [4.78, 5) is 38.8. The Bertz CT molecular complexity index is 1140. The molecule has 1 N–H and O–H groups in total. The molecule has 2 amide bonds. The van der Waals surface area contributed by atoms with Gasteiger partial charge >= 0.3 is 5.97 Å². The Kier molecular flexibility index (Phi) is 7.51. The third-order valence-corrected chi connectivity index (χ3v) is 6.82. The van der Waals surface area contributed by atoms with Gasteiger partial charge in [-0.3, -0.25) is 14.5 Å². The van der Waals surface area contributed by atoms with Crippen molar-refractivity contribution in [3.05, 3.63) is 95.2 Å². The number of carbonyl (C=O) groups excluding carboxylic acids is 3. The highest BCUT2D eigenvalue weighted by Gasteiger charge is 2.53. The van der Waals surface area contributed by atoms with Gasteiger partial charge in [-0.25, -0.2) is 4.79 Å². The first-order valence-electron chi connectivity index (χ1n) is 11.0. The first-order chi connectivity index (χ1) is 16.7. The first kappa shape index (κ1) is 23.4. The van der Waals surface area contributed by atoms with E-state index < -0.39 is 18.1 Å². The standard InChI is InChI=1S/C27H24N2O4S/c1-2-3-4-7-16-21-17-34-26-22(28-18-30)25(31)29(26)23(21)27(32)33-24(19-12-8-5-9-13-19)20-14-10-6-11-15-20/h5-16,18,22,24,26H,2,17H2,1H3,(H,28,30)/b16-7+/t22-,26-/m1/s1. The highest BCUT2D eigenvalue weighted by molar-refractivity contribution is 8.00. The smallest absolute Gasteiger partial charge is 0.356 e. The zero-order chi connectivity index (χ0) is 23.9. The van der Waals surface area contributed by atoms with Gasteiger partial charge in [0.15, 0.2) is 6.10 Å². The Balaban J connectivity index is 1.70. The second-order valence-electron chi connectivity index (χ2n) is 7.66. The number of hydrogen-bond donors (Lipinski definition) is 1. The predicted octanol–water partition coefficient (Wildman–Crippen LogP) is 3.57.